The van der Waals surface area contributed by atoms with E-state index in [1.165, 1.54) is 11.3 Å². The number of fused-ring (bicyclic) bond motifs is 1. The van der Waals surface area contributed by atoms with Crippen LogP contribution in [-0.4, -0.2) is 24.4 Å². The topological polar surface area (TPSA) is 46.3 Å². The molecule has 0 aliphatic heterocycles. The lowest BCUT2D eigenvalue weighted by molar-refractivity contribution is 0.0799. The molecule has 3 nitrogen and oxygen atoms in total. The van der Waals surface area contributed by atoms with E-state index in [9.17, 15) is 4.79 Å². The van der Waals surface area contributed by atoms with Crippen molar-refractivity contribution in [1.29, 1.82) is 0 Å². The molecule has 0 bridgehead atoms. The van der Waals surface area contributed by atoms with E-state index in [1.807, 2.05) is 31.3 Å². The summed E-state index contributed by atoms with van der Waals surface area (Å²) < 4.78 is 1.96. The summed E-state index contributed by atoms with van der Waals surface area (Å²) in [5, 5.41) is 0.931. The summed E-state index contributed by atoms with van der Waals surface area (Å²) in [5.41, 5.74) is 6.72. The fraction of sp³-hybridized carbons (Fsp3) is 0.267. The molecule has 2 aromatic rings. The third-order valence-electron chi connectivity index (χ3n) is 3.14. The highest BCUT2D eigenvalue weighted by Gasteiger charge is 2.20. The number of nitrogens with zero attached hydrogens (tertiary/aromatic N) is 1. The van der Waals surface area contributed by atoms with Gasteiger partial charge in [0.2, 0.25) is 0 Å². The first-order valence-electron chi connectivity index (χ1n) is 6.39. The molecule has 0 saturated heterocycles. The molecule has 0 fully saturated rings. The van der Waals surface area contributed by atoms with E-state index in [0.29, 0.717) is 17.1 Å². The van der Waals surface area contributed by atoms with Gasteiger partial charge in [-0.1, -0.05) is 28.1 Å². The number of anilines is 1. The van der Waals surface area contributed by atoms with Crippen LogP contribution in [0.15, 0.2) is 35.3 Å². The van der Waals surface area contributed by atoms with Crippen LogP contribution in [0.2, 0.25) is 0 Å². The van der Waals surface area contributed by atoms with Gasteiger partial charge in [0.15, 0.2) is 0 Å². The van der Waals surface area contributed by atoms with Gasteiger partial charge in [-0.3, -0.25) is 4.79 Å². The molecular weight excluding hydrogens is 336 g/mol. The molecule has 0 saturated carbocycles. The number of rotatable bonds is 5. The number of hydrogen-bond acceptors (Lipinski definition) is 3. The highest BCUT2D eigenvalue weighted by molar-refractivity contribution is 9.10. The fourth-order valence-electron chi connectivity index (χ4n) is 2.04. The number of thiophene rings is 1. The molecule has 0 atom stereocenters. The smallest absolute Gasteiger partial charge is 0.265 e. The summed E-state index contributed by atoms with van der Waals surface area (Å²) in [4.78, 5) is 14.8. The van der Waals surface area contributed by atoms with Gasteiger partial charge in [0.25, 0.3) is 5.91 Å². The summed E-state index contributed by atoms with van der Waals surface area (Å²) in [7, 11) is 1.81. The van der Waals surface area contributed by atoms with Crippen molar-refractivity contribution in [3.8, 4) is 0 Å². The number of allylic oxidation sites excluding steroid dienone is 1. The minimum absolute atomic E-state index is 0.0142. The molecule has 5 heteroatoms. The number of amides is 1. The number of carbonyl (C=O) groups is 1. The zero-order valence-electron chi connectivity index (χ0n) is 11.4. The molecule has 0 aliphatic carbocycles. The minimum atomic E-state index is -0.0142. The second kappa shape index (κ2) is 6.41. The van der Waals surface area contributed by atoms with Crippen LogP contribution in [0.25, 0.3) is 10.1 Å². The lowest BCUT2D eigenvalue weighted by atomic mass is 10.2. The third-order valence-corrected chi connectivity index (χ3v) is 4.96. The highest BCUT2D eigenvalue weighted by atomic mass is 79.9. The Morgan fingerprint density at radius 3 is 2.95 bits per heavy atom. The van der Waals surface area contributed by atoms with Crippen LogP contribution in [0.1, 0.15) is 22.5 Å². The van der Waals surface area contributed by atoms with E-state index < -0.39 is 0 Å². The zero-order valence-corrected chi connectivity index (χ0v) is 13.8. The van der Waals surface area contributed by atoms with Crippen LogP contribution in [0.4, 0.5) is 5.69 Å². The Labute approximate surface area is 131 Å². The number of carbonyl (C=O) groups excluding carboxylic acids is 1. The first-order chi connectivity index (χ1) is 9.56. The van der Waals surface area contributed by atoms with Crippen molar-refractivity contribution in [3.63, 3.8) is 0 Å². The van der Waals surface area contributed by atoms with Crippen molar-refractivity contribution in [2.45, 2.75) is 12.8 Å². The number of halogens is 1. The molecule has 1 aromatic heterocycles. The summed E-state index contributed by atoms with van der Waals surface area (Å²) >= 11 is 4.94. The molecule has 1 amide bonds. The summed E-state index contributed by atoms with van der Waals surface area (Å²) in [6.45, 7) is 4.39. The van der Waals surface area contributed by atoms with E-state index in [2.05, 4.69) is 22.5 Å². The Balaban J connectivity index is 2.28. The molecule has 20 heavy (non-hydrogen) atoms. The summed E-state index contributed by atoms with van der Waals surface area (Å²) in [6, 6.07) is 5.87. The number of hydrogen-bond donors (Lipinski definition) is 1. The first-order valence-corrected chi connectivity index (χ1v) is 8.00. The molecule has 2 N–H and O–H groups in total. The van der Waals surface area contributed by atoms with Crippen LogP contribution in [0, 0.1) is 0 Å². The molecule has 0 aliphatic rings. The van der Waals surface area contributed by atoms with Gasteiger partial charge in [-0.2, -0.15) is 0 Å². The van der Waals surface area contributed by atoms with E-state index in [-0.39, 0.29) is 5.91 Å². The standard InChI is InChI=1S/C15H17BrN2OS/c1-3-4-5-9-18(2)15(19)14-13(17)12-10(16)7-6-8-11(12)20-14/h3,6-8H,1,4-5,9,17H2,2H3. The molecule has 1 aromatic carbocycles. The maximum absolute atomic E-state index is 12.5. The Hall–Kier alpha value is -1.33. The van der Waals surface area contributed by atoms with Gasteiger partial charge in [-0.15, -0.1) is 17.9 Å². The Kier molecular flexibility index (Phi) is 4.83. The van der Waals surface area contributed by atoms with Gasteiger partial charge >= 0.3 is 0 Å². The molecule has 2 rings (SSSR count). The van der Waals surface area contributed by atoms with Crippen molar-refractivity contribution in [2.24, 2.45) is 0 Å². The maximum atomic E-state index is 12.5. The van der Waals surface area contributed by atoms with Gasteiger partial charge in [0.05, 0.1) is 5.69 Å². The molecule has 106 valence electrons. The Morgan fingerprint density at radius 2 is 2.30 bits per heavy atom. The fourth-order valence-corrected chi connectivity index (χ4v) is 3.89. The van der Waals surface area contributed by atoms with Gasteiger partial charge in [0.1, 0.15) is 4.88 Å². The minimum Gasteiger partial charge on any atom is -0.397 e. The van der Waals surface area contributed by atoms with Crippen molar-refractivity contribution in [2.75, 3.05) is 19.3 Å². The largest absolute Gasteiger partial charge is 0.397 e. The van der Waals surface area contributed by atoms with Crippen LogP contribution < -0.4 is 5.73 Å². The molecule has 1 heterocycles. The Bertz CT molecular complexity index is 651. The average molecular weight is 353 g/mol. The van der Waals surface area contributed by atoms with E-state index in [4.69, 9.17) is 5.73 Å². The Morgan fingerprint density at radius 1 is 1.55 bits per heavy atom. The maximum Gasteiger partial charge on any atom is 0.265 e. The normalized spacial score (nSPS) is 10.7. The van der Waals surface area contributed by atoms with E-state index >= 15 is 0 Å². The van der Waals surface area contributed by atoms with Crippen molar-refractivity contribution in [1.82, 2.24) is 4.90 Å². The van der Waals surface area contributed by atoms with Gasteiger partial charge < -0.3 is 10.6 Å². The number of unbranched alkanes of at least 4 members (excludes halogenated alkanes) is 1. The van der Waals surface area contributed by atoms with Crippen molar-refractivity contribution in [3.05, 3.63) is 40.2 Å². The quantitative estimate of drug-likeness (QED) is 0.644. The molecule has 0 spiro atoms. The average Bonchev–Trinajstić information content (AvgIpc) is 2.76. The monoisotopic (exact) mass is 352 g/mol. The predicted molar refractivity (Wildman–Crippen MR) is 90.3 cm³/mol. The third kappa shape index (κ3) is 2.88. The predicted octanol–water partition coefficient (Wildman–Crippen LogP) is 4.28. The van der Waals surface area contributed by atoms with E-state index in [0.717, 1.165) is 27.4 Å². The van der Waals surface area contributed by atoms with E-state index in [1.54, 1.807) is 4.90 Å². The molecular formula is C15H17BrN2OS. The second-order valence-electron chi connectivity index (χ2n) is 4.62. The van der Waals surface area contributed by atoms with Crippen LogP contribution >= 0.6 is 27.3 Å². The van der Waals surface area contributed by atoms with Crippen LogP contribution in [0.3, 0.4) is 0 Å². The van der Waals surface area contributed by atoms with Gasteiger partial charge in [0, 0.05) is 28.2 Å². The number of nitrogen functional groups attached to an aromatic ring is 1. The van der Waals surface area contributed by atoms with Crippen molar-refractivity contribution < 1.29 is 4.79 Å². The van der Waals surface area contributed by atoms with Crippen molar-refractivity contribution >= 4 is 48.9 Å². The first kappa shape index (κ1) is 15.1. The second-order valence-corrected chi connectivity index (χ2v) is 6.52. The number of benzene rings is 1. The molecule has 0 radical (unpaired) electrons. The van der Waals surface area contributed by atoms with Crippen LogP contribution in [-0.2, 0) is 0 Å². The lowest BCUT2D eigenvalue weighted by Crippen LogP contribution is -2.27. The SMILES string of the molecule is C=CCCCN(C)C(=O)c1sc2cccc(Br)c2c1N. The lowest BCUT2D eigenvalue weighted by Gasteiger charge is -2.16. The van der Waals surface area contributed by atoms with Gasteiger partial charge in [-0.05, 0) is 25.0 Å². The number of nitrogens with two attached hydrogens (primary N) is 1. The zero-order chi connectivity index (χ0) is 14.7. The highest BCUT2D eigenvalue weighted by Crippen LogP contribution is 2.38. The summed E-state index contributed by atoms with van der Waals surface area (Å²) in [5.74, 6) is -0.0142. The van der Waals surface area contributed by atoms with Gasteiger partial charge in [-0.25, -0.2) is 0 Å². The molecule has 0 unspecified atom stereocenters. The van der Waals surface area contributed by atoms with Crippen LogP contribution in [0.5, 0.6) is 0 Å². The summed E-state index contributed by atoms with van der Waals surface area (Å²) in [6.07, 6.45) is 3.69.